The average Bonchev–Trinajstić information content (AvgIpc) is 2.54. The summed E-state index contributed by atoms with van der Waals surface area (Å²) in [6.45, 7) is 5.65. The second kappa shape index (κ2) is 4.96. The molecule has 0 saturated heterocycles. The van der Waals surface area contributed by atoms with Crippen molar-refractivity contribution in [2.24, 2.45) is 5.73 Å². The molecule has 1 atom stereocenters. The molecule has 2 N–H and O–H groups in total. The Morgan fingerprint density at radius 1 is 1.79 bits per heavy atom. The molecule has 76 valence electrons. The SMILES string of the molecule is C=CCc1cc(C(CC)C(N)=O)cs1. The van der Waals surface area contributed by atoms with Gasteiger partial charge in [0.05, 0.1) is 5.92 Å². The highest BCUT2D eigenvalue weighted by Gasteiger charge is 2.16. The van der Waals surface area contributed by atoms with Crippen LogP contribution < -0.4 is 5.73 Å². The fourth-order valence-corrected chi connectivity index (χ4v) is 2.37. The maximum Gasteiger partial charge on any atom is 0.224 e. The minimum atomic E-state index is -0.240. The van der Waals surface area contributed by atoms with E-state index in [1.807, 2.05) is 24.4 Å². The molecule has 3 heteroatoms. The number of hydrogen-bond acceptors (Lipinski definition) is 2. The molecule has 1 heterocycles. The highest BCUT2D eigenvalue weighted by Crippen LogP contribution is 2.25. The van der Waals surface area contributed by atoms with Crippen molar-refractivity contribution in [3.8, 4) is 0 Å². The van der Waals surface area contributed by atoms with Gasteiger partial charge in [0.1, 0.15) is 0 Å². The highest BCUT2D eigenvalue weighted by molar-refractivity contribution is 7.10. The lowest BCUT2D eigenvalue weighted by Gasteiger charge is -2.07. The Kier molecular flexibility index (Phi) is 3.89. The summed E-state index contributed by atoms with van der Waals surface area (Å²) in [6.07, 6.45) is 3.49. The zero-order valence-electron chi connectivity index (χ0n) is 8.32. The third-order valence-corrected chi connectivity index (χ3v) is 3.15. The van der Waals surface area contributed by atoms with Crippen molar-refractivity contribution >= 4 is 17.2 Å². The van der Waals surface area contributed by atoms with E-state index in [2.05, 4.69) is 6.58 Å². The molecule has 0 aromatic carbocycles. The summed E-state index contributed by atoms with van der Waals surface area (Å²) in [7, 11) is 0. The van der Waals surface area contributed by atoms with E-state index >= 15 is 0 Å². The quantitative estimate of drug-likeness (QED) is 0.744. The van der Waals surface area contributed by atoms with E-state index in [-0.39, 0.29) is 11.8 Å². The van der Waals surface area contributed by atoms with Crippen LogP contribution in [0.3, 0.4) is 0 Å². The van der Waals surface area contributed by atoms with Gasteiger partial charge in [-0.15, -0.1) is 17.9 Å². The molecule has 0 aliphatic heterocycles. The van der Waals surface area contributed by atoms with Gasteiger partial charge in [0.2, 0.25) is 5.91 Å². The number of carbonyl (C=O) groups excluding carboxylic acids is 1. The normalized spacial score (nSPS) is 12.4. The van der Waals surface area contributed by atoms with Crippen molar-refractivity contribution in [2.75, 3.05) is 0 Å². The van der Waals surface area contributed by atoms with Crippen LogP contribution in [0.2, 0.25) is 0 Å². The molecule has 0 aliphatic rings. The summed E-state index contributed by atoms with van der Waals surface area (Å²) in [6, 6.07) is 2.05. The van der Waals surface area contributed by atoms with Crippen molar-refractivity contribution in [1.29, 1.82) is 0 Å². The van der Waals surface area contributed by atoms with Gasteiger partial charge in [0, 0.05) is 4.88 Å². The largest absolute Gasteiger partial charge is 0.369 e. The number of rotatable bonds is 5. The summed E-state index contributed by atoms with van der Waals surface area (Å²) < 4.78 is 0. The Hall–Kier alpha value is -1.09. The standard InChI is InChI=1S/C11H15NOS/c1-3-5-9-6-8(7-14-9)10(4-2)11(12)13/h3,6-7,10H,1,4-5H2,2H3,(H2,12,13). The lowest BCUT2D eigenvalue weighted by molar-refractivity contribution is -0.119. The Morgan fingerprint density at radius 3 is 3.00 bits per heavy atom. The summed E-state index contributed by atoms with van der Waals surface area (Å²) in [5.74, 6) is -0.375. The van der Waals surface area contributed by atoms with E-state index in [0.717, 1.165) is 18.4 Å². The van der Waals surface area contributed by atoms with Gasteiger partial charge in [0.25, 0.3) is 0 Å². The number of amides is 1. The van der Waals surface area contributed by atoms with Crippen LogP contribution in [0.1, 0.15) is 29.7 Å². The lowest BCUT2D eigenvalue weighted by Crippen LogP contribution is -2.20. The van der Waals surface area contributed by atoms with Gasteiger partial charge in [-0.1, -0.05) is 13.0 Å². The first-order valence-corrected chi connectivity index (χ1v) is 5.54. The number of allylic oxidation sites excluding steroid dienone is 1. The average molecular weight is 209 g/mol. The minimum Gasteiger partial charge on any atom is -0.369 e. The Labute approximate surface area is 88.4 Å². The van der Waals surface area contributed by atoms with Crippen molar-refractivity contribution in [2.45, 2.75) is 25.7 Å². The van der Waals surface area contributed by atoms with Crippen LogP contribution in [0.25, 0.3) is 0 Å². The maximum absolute atomic E-state index is 11.1. The van der Waals surface area contributed by atoms with E-state index < -0.39 is 0 Å². The van der Waals surface area contributed by atoms with Crippen molar-refractivity contribution in [3.05, 3.63) is 34.5 Å². The topological polar surface area (TPSA) is 43.1 Å². The number of hydrogen-bond donors (Lipinski definition) is 1. The summed E-state index contributed by atoms with van der Waals surface area (Å²) in [5.41, 5.74) is 6.35. The molecule has 0 spiro atoms. The van der Waals surface area contributed by atoms with Crippen molar-refractivity contribution in [1.82, 2.24) is 0 Å². The first kappa shape index (κ1) is 11.0. The molecule has 0 bridgehead atoms. The van der Waals surface area contributed by atoms with Crippen LogP contribution in [0.4, 0.5) is 0 Å². The first-order chi connectivity index (χ1) is 6.69. The van der Waals surface area contributed by atoms with Gasteiger partial charge in [-0.25, -0.2) is 0 Å². The second-order valence-electron chi connectivity index (χ2n) is 3.20. The van der Waals surface area contributed by atoms with Crippen molar-refractivity contribution in [3.63, 3.8) is 0 Å². The van der Waals surface area contributed by atoms with Crippen LogP contribution in [0.5, 0.6) is 0 Å². The monoisotopic (exact) mass is 209 g/mol. The molecule has 1 unspecified atom stereocenters. The van der Waals surface area contributed by atoms with Crippen LogP contribution in [0.15, 0.2) is 24.1 Å². The molecule has 1 rings (SSSR count). The van der Waals surface area contributed by atoms with E-state index in [0.29, 0.717) is 0 Å². The van der Waals surface area contributed by atoms with Crippen LogP contribution in [-0.2, 0) is 11.2 Å². The minimum absolute atomic E-state index is 0.134. The van der Waals surface area contributed by atoms with E-state index in [1.165, 1.54) is 4.88 Å². The molecular formula is C11H15NOS. The predicted molar refractivity (Wildman–Crippen MR) is 60.4 cm³/mol. The molecule has 0 saturated carbocycles. The molecule has 14 heavy (non-hydrogen) atoms. The number of thiophene rings is 1. The number of nitrogens with two attached hydrogens (primary N) is 1. The van der Waals surface area contributed by atoms with E-state index in [1.54, 1.807) is 11.3 Å². The summed E-state index contributed by atoms with van der Waals surface area (Å²) in [5, 5.41) is 2.01. The van der Waals surface area contributed by atoms with Gasteiger partial charge in [-0.3, -0.25) is 4.79 Å². The zero-order valence-corrected chi connectivity index (χ0v) is 9.14. The summed E-state index contributed by atoms with van der Waals surface area (Å²) in [4.78, 5) is 12.3. The van der Waals surface area contributed by atoms with Gasteiger partial charge < -0.3 is 5.73 Å². The fraction of sp³-hybridized carbons (Fsp3) is 0.364. The highest BCUT2D eigenvalue weighted by atomic mass is 32.1. The zero-order chi connectivity index (χ0) is 10.6. The second-order valence-corrected chi connectivity index (χ2v) is 4.20. The molecule has 1 aromatic rings. The van der Waals surface area contributed by atoms with E-state index in [9.17, 15) is 4.79 Å². The van der Waals surface area contributed by atoms with Gasteiger partial charge >= 0.3 is 0 Å². The maximum atomic E-state index is 11.1. The van der Waals surface area contributed by atoms with E-state index in [4.69, 9.17) is 5.73 Å². The van der Waals surface area contributed by atoms with Crippen LogP contribution in [0, 0.1) is 0 Å². The van der Waals surface area contributed by atoms with Gasteiger partial charge in [-0.05, 0) is 29.9 Å². The summed E-state index contributed by atoms with van der Waals surface area (Å²) >= 11 is 1.66. The molecule has 2 nitrogen and oxygen atoms in total. The molecule has 0 fully saturated rings. The molecule has 0 radical (unpaired) electrons. The molecule has 0 aliphatic carbocycles. The van der Waals surface area contributed by atoms with Crippen LogP contribution in [-0.4, -0.2) is 5.91 Å². The fourth-order valence-electron chi connectivity index (χ4n) is 1.43. The molecular weight excluding hydrogens is 194 g/mol. The molecule has 1 aromatic heterocycles. The van der Waals surface area contributed by atoms with Crippen molar-refractivity contribution < 1.29 is 4.79 Å². The number of primary amides is 1. The first-order valence-electron chi connectivity index (χ1n) is 4.66. The molecule has 1 amide bonds. The smallest absolute Gasteiger partial charge is 0.224 e. The Bertz CT molecular complexity index is 330. The Balaban J connectivity index is 2.83. The number of carbonyl (C=O) groups is 1. The van der Waals surface area contributed by atoms with Gasteiger partial charge in [-0.2, -0.15) is 0 Å². The lowest BCUT2D eigenvalue weighted by atomic mass is 9.98. The van der Waals surface area contributed by atoms with Gasteiger partial charge in [0.15, 0.2) is 0 Å². The van der Waals surface area contributed by atoms with Crippen LogP contribution >= 0.6 is 11.3 Å². The third-order valence-electron chi connectivity index (χ3n) is 2.17. The third kappa shape index (κ3) is 2.45. The predicted octanol–water partition coefficient (Wildman–Crippen LogP) is 2.46. The Morgan fingerprint density at radius 2 is 2.50 bits per heavy atom.